The van der Waals surface area contributed by atoms with Gasteiger partial charge in [0.25, 0.3) is 0 Å². The van der Waals surface area contributed by atoms with Gasteiger partial charge in [-0.05, 0) is 31.7 Å². The molecule has 0 aromatic carbocycles. The third-order valence-electron chi connectivity index (χ3n) is 2.72. The van der Waals surface area contributed by atoms with Crippen molar-refractivity contribution in [2.45, 2.75) is 32.7 Å². The molecule has 2 N–H and O–H groups in total. The zero-order chi connectivity index (χ0) is 10.7. The highest BCUT2D eigenvalue weighted by atomic mass is 15.1. The fraction of sp³-hybridized carbons (Fsp3) is 0.636. The fourth-order valence-electron chi connectivity index (χ4n) is 1.91. The molecule has 15 heavy (non-hydrogen) atoms. The third-order valence-corrected chi connectivity index (χ3v) is 2.72. The molecule has 1 aromatic heterocycles. The summed E-state index contributed by atoms with van der Waals surface area (Å²) >= 11 is 0. The maximum atomic E-state index is 4.38. The highest BCUT2D eigenvalue weighted by Crippen LogP contribution is 2.28. The number of anilines is 2. The molecule has 4 nitrogen and oxygen atoms in total. The molecule has 1 fully saturated rings. The van der Waals surface area contributed by atoms with Crippen LogP contribution in [0.2, 0.25) is 0 Å². The molecule has 0 saturated heterocycles. The molecule has 1 aromatic rings. The van der Waals surface area contributed by atoms with Crippen LogP contribution in [0.5, 0.6) is 0 Å². The van der Waals surface area contributed by atoms with Crippen molar-refractivity contribution in [3.63, 3.8) is 0 Å². The van der Waals surface area contributed by atoms with Gasteiger partial charge in [-0.15, -0.1) is 0 Å². The number of rotatable bonds is 4. The highest BCUT2D eigenvalue weighted by molar-refractivity contribution is 5.40. The van der Waals surface area contributed by atoms with E-state index >= 15 is 0 Å². The van der Waals surface area contributed by atoms with Gasteiger partial charge in [-0.2, -0.15) is 4.98 Å². The van der Waals surface area contributed by atoms with Gasteiger partial charge in [0.2, 0.25) is 5.95 Å². The van der Waals surface area contributed by atoms with Crippen LogP contribution < -0.4 is 10.6 Å². The van der Waals surface area contributed by atoms with Gasteiger partial charge >= 0.3 is 0 Å². The minimum Gasteiger partial charge on any atom is -0.367 e. The Balaban J connectivity index is 1.93. The van der Waals surface area contributed by atoms with Gasteiger partial charge in [-0.25, -0.2) is 4.98 Å². The van der Waals surface area contributed by atoms with Crippen LogP contribution >= 0.6 is 0 Å². The molecule has 4 heteroatoms. The molecule has 0 amide bonds. The molecular formula is C11H18N4. The van der Waals surface area contributed by atoms with Crippen molar-refractivity contribution in [3.05, 3.63) is 12.3 Å². The predicted octanol–water partition coefficient (Wildman–Crippen LogP) is 2.12. The van der Waals surface area contributed by atoms with E-state index in [2.05, 4.69) is 27.5 Å². The monoisotopic (exact) mass is 206 g/mol. The second-order valence-corrected chi connectivity index (χ2v) is 4.21. The van der Waals surface area contributed by atoms with Crippen LogP contribution in [0.25, 0.3) is 0 Å². The zero-order valence-corrected chi connectivity index (χ0v) is 9.33. The van der Waals surface area contributed by atoms with Crippen molar-refractivity contribution in [3.8, 4) is 0 Å². The summed E-state index contributed by atoms with van der Waals surface area (Å²) in [5.41, 5.74) is 0. The molecular weight excluding hydrogens is 188 g/mol. The first-order chi connectivity index (χ1) is 7.28. The summed E-state index contributed by atoms with van der Waals surface area (Å²) in [5, 5.41) is 6.52. The molecule has 1 saturated carbocycles. The van der Waals surface area contributed by atoms with Gasteiger partial charge in [-0.3, -0.25) is 0 Å². The lowest BCUT2D eigenvalue weighted by atomic mass is 9.82. The second kappa shape index (κ2) is 4.47. The number of aromatic nitrogens is 2. The predicted molar refractivity (Wildman–Crippen MR) is 62.0 cm³/mol. The Kier molecular flexibility index (Phi) is 3.04. The minimum atomic E-state index is 0.601. The van der Waals surface area contributed by atoms with Gasteiger partial charge in [0.1, 0.15) is 5.82 Å². The average molecular weight is 206 g/mol. The normalized spacial score (nSPS) is 24.4. The van der Waals surface area contributed by atoms with Crippen molar-refractivity contribution in [1.29, 1.82) is 0 Å². The van der Waals surface area contributed by atoms with Gasteiger partial charge in [-0.1, -0.05) is 6.92 Å². The van der Waals surface area contributed by atoms with Crippen molar-refractivity contribution < 1.29 is 0 Å². The van der Waals surface area contributed by atoms with E-state index in [1.807, 2.05) is 13.0 Å². The van der Waals surface area contributed by atoms with E-state index in [1.54, 1.807) is 6.20 Å². The first-order valence-corrected chi connectivity index (χ1v) is 5.61. The van der Waals surface area contributed by atoms with E-state index in [4.69, 9.17) is 0 Å². The van der Waals surface area contributed by atoms with E-state index in [-0.39, 0.29) is 0 Å². The molecule has 2 rings (SSSR count). The third kappa shape index (κ3) is 2.58. The summed E-state index contributed by atoms with van der Waals surface area (Å²) < 4.78 is 0. The van der Waals surface area contributed by atoms with Crippen LogP contribution in [0.4, 0.5) is 11.8 Å². The Morgan fingerprint density at radius 2 is 2.27 bits per heavy atom. The number of hydrogen-bond acceptors (Lipinski definition) is 4. The molecule has 0 aliphatic heterocycles. The summed E-state index contributed by atoms with van der Waals surface area (Å²) in [6.45, 7) is 5.17. The quantitative estimate of drug-likeness (QED) is 0.792. The van der Waals surface area contributed by atoms with E-state index in [0.717, 1.165) is 18.3 Å². The number of nitrogens with zero attached hydrogens (tertiary/aromatic N) is 2. The Labute approximate surface area is 90.5 Å². The van der Waals surface area contributed by atoms with Crippen molar-refractivity contribution in [2.24, 2.45) is 5.92 Å². The Bertz CT molecular complexity index is 320. The standard InChI is InChI=1S/C11H18N4/c1-3-12-11-13-5-4-10(15-11)14-9-6-8(2)7-9/h4-5,8-9H,3,6-7H2,1-2H3,(H2,12,13,14,15). The topological polar surface area (TPSA) is 49.8 Å². The smallest absolute Gasteiger partial charge is 0.224 e. The van der Waals surface area contributed by atoms with Crippen molar-refractivity contribution in [2.75, 3.05) is 17.2 Å². The maximum Gasteiger partial charge on any atom is 0.224 e. The average Bonchev–Trinajstić information content (AvgIpc) is 2.17. The lowest BCUT2D eigenvalue weighted by molar-refractivity contribution is 0.308. The number of hydrogen-bond donors (Lipinski definition) is 2. The molecule has 0 bridgehead atoms. The van der Waals surface area contributed by atoms with Gasteiger partial charge in [0, 0.05) is 18.8 Å². The summed E-state index contributed by atoms with van der Waals surface area (Å²) in [6, 6.07) is 2.52. The Morgan fingerprint density at radius 3 is 2.93 bits per heavy atom. The molecule has 1 aliphatic rings. The van der Waals surface area contributed by atoms with Gasteiger partial charge in [0.15, 0.2) is 0 Å². The maximum absolute atomic E-state index is 4.38. The first kappa shape index (κ1) is 10.2. The summed E-state index contributed by atoms with van der Waals surface area (Å²) in [6.07, 6.45) is 4.29. The van der Waals surface area contributed by atoms with Crippen molar-refractivity contribution in [1.82, 2.24) is 9.97 Å². The summed E-state index contributed by atoms with van der Waals surface area (Å²) in [4.78, 5) is 8.51. The lowest BCUT2D eigenvalue weighted by Crippen LogP contribution is -2.34. The van der Waals surface area contributed by atoms with Crippen molar-refractivity contribution >= 4 is 11.8 Å². The highest BCUT2D eigenvalue weighted by Gasteiger charge is 2.25. The summed E-state index contributed by atoms with van der Waals surface area (Å²) in [7, 11) is 0. The molecule has 0 unspecified atom stereocenters. The second-order valence-electron chi connectivity index (χ2n) is 4.21. The van der Waals surface area contributed by atoms with Gasteiger partial charge < -0.3 is 10.6 Å². The largest absolute Gasteiger partial charge is 0.367 e. The fourth-order valence-corrected chi connectivity index (χ4v) is 1.91. The molecule has 1 heterocycles. The SMILES string of the molecule is CCNc1nccc(NC2CC(C)C2)n1. The minimum absolute atomic E-state index is 0.601. The van der Waals surface area contributed by atoms with E-state index in [1.165, 1.54) is 12.8 Å². The van der Waals surface area contributed by atoms with E-state index < -0.39 is 0 Å². The van der Waals surface area contributed by atoms with Crippen LogP contribution in [0.1, 0.15) is 26.7 Å². The van der Waals surface area contributed by atoms with E-state index in [9.17, 15) is 0 Å². The lowest BCUT2D eigenvalue weighted by Gasteiger charge is -2.33. The molecule has 82 valence electrons. The van der Waals surface area contributed by atoms with Crippen LogP contribution in [0, 0.1) is 5.92 Å². The zero-order valence-electron chi connectivity index (χ0n) is 9.33. The van der Waals surface area contributed by atoms with E-state index in [0.29, 0.717) is 12.0 Å². The molecule has 0 spiro atoms. The number of nitrogens with one attached hydrogen (secondary N) is 2. The van der Waals surface area contributed by atoms with Crippen LogP contribution in [0.15, 0.2) is 12.3 Å². The Hall–Kier alpha value is -1.32. The molecule has 1 aliphatic carbocycles. The van der Waals surface area contributed by atoms with Crippen LogP contribution in [-0.2, 0) is 0 Å². The molecule has 0 atom stereocenters. The van der Waals surface area contributed by atoms with Gasteiger partial charge in [0.05, 0.1) is 0 Å². The van der Waals surface area contributed by atoms with Crippen LogP contribution in [0.3, 0.4) is 0 Å². The van der Waals surface area contributed by atoms with Crippen LogP contribution in [-0.4, -0.2) is 22.6 Å². The summed E-state index contributed by atoms with van der Waals surface area (Å²) in [5.74, 6) is 2.49. The Morgan fingerprint density at radius 1 is 1.47 bits per heavy atom. The first-order valence-electron chi connectivity index (χ1n) is 5.61. The molecule has 0 radical (unpaired) electrons.